The van der Waals surface area contributed by atoms with Gasteiger partial charge in [-0.25, -0.2) is 0 Å². The van der Waals surface area contributed by atoms with Crippen molar-refractivity contribution in [2.24, 2.45) is 0 Å². The Morgan fingerprint density at radius 2 is 1.92 bits per heavy atom. The van der Waals surface area contributed by atoms with Crippen molar-refractivity contribution in [1.29, 1.82) is 0 Å². The average Bonchev–Trinajstić information content (AvgIpc) is 2.62. The molecule has 0 spiro atoms. The van der Waals surface area contributed by atoms with E-state index in [9.17, 15) is 0 Å². The lowest BCUT2D eigenvalue weighted by molar-refractivity contribution is 0.611. The van der Waals surface area contributed by atoms with Gasteiger partial charge in [0, 0.05) is 0 Å². The molecule has 0 heterocycles. The number of allylic oxidation sites excluding steroid dienone is 2. The maximum atomic E-state index is 4.18. The summed E-state index contributed by atoms with van der Waals surface area (Å²) >= 11 is 1.87. The second kappa shape index (κ2) is 13.2. The van der Waals surface area contributed by atoms with Gasteiger partial charge < -0.3 is 5.32 Å². The van der Waals surface area contributed by atoms with Crippen molar-refractivity contribution >= 4 is 23.4 Å². The molecule has 0 saturated heterocycles. The Bertz CT molecular complexity index is 529. The molecule has 0 radical (unpaired) electrons. The highest BCUT2D eigenvalue weighted by atomic mass is 32.2. The molecule has 0 fully saturated rings. The number of unbranched alkanes of at least 4 members (excludes halogenated alkanes) is 6. The van der Waals surface area contributed by atoms with Crippen LogP contribution in [0.4, 0.5) is 0 Å². The highest BCUT2D eigenvalue weighted by Crippen LogP contribution is 2.25. The van der Waals surface area contributed by atoms with Crippen molar-refractivity contribution in [3.63, 3.8) is 0 Å². The predicted molar refractivity (Wildman–Crippen MR) is 118 cm³/mol. The summed E-state index contributed by atoms with van der Waals surface area (Å²) in [5, 5.41) is 3.84. The monoisotopic (exact) mass is 359 g/mol. The molecule has 0 aromatic heterocycles. The second-order valence-electron chi connectivity index (χ2n) is 6.83. The van der Waals surface area contributed by atoms with Gasteiger partial charge >= 0.3 is 0 Å². The Labute approximate surface area is 160 Å². The minimum atomic E-state index is 0.450. The van der Waals surface area contributed by atoms with Crippen molar-refractivity contribution in [3.05, 3.63) is 47.5 Å². The molecule has 25 heavy (non-hydrogen) atoms. The number of likely N-dealkylation sites (N-methyl/N-ethyl adjacent to an activating group) is 1. The minimum Gasteiger partial charge on any atom is -0.308 e. The largest absolute Gasteiger partial charge is 0.308 e. The first-order chi connectivity index (χ1) is 12.1. The first-order valence-electron chi connectivity index (χ1n) is 9.78. The summed E-state index contributed by atoms with van der Waals surface area (Å²) < 4.78 is 0. The molecule has 1 atom stereocenters. The summed E-state index contributed by atoms with van der Waals surface area (Å²) in [6, 6.07) is 6.62. The topological polar surface area (TPSA) is 12.0 Å². The first kappa shape index (κ1) is 22.1. The molecule has 1 rings (SSSR count). The van der Waals surface area contributed by atoms with Crippen molar-refractivity contribution < 1.29 is 0 Å². The summed E-state index contributed by atoms with van der Waals surface area (Å²) in [5.74, 6) is 0. The van der Waals surface area contributed by atoms with Crippen LogP contribution in [0.2, 0.25) is 0 Å². The predicted octanol–water partition coefficient (Wildman–Crippen LogP) is 6.93. The maximum absolute atomic E-state index is 4.18. The molecule has 2 heteroatoms. The number of hydrogen-bond donors (Lipinski definition) is 1. The van der Waals surface area contributed by atoms with E-state index in [2.05, 4.69) is 62.4 Å². The maximum Gasteiger partial charge on any atom is 0.0567 e. The average molecular weight is 360 g/mol. The summed E-state index contributed by atoms with van der Waals surface area (Å²) in [6.07, 6.45) is 17.2. The SMILES string of the molecule is C=C(C)c1cccc(CC(NC)SC)c1/C=C/CCCCCCCC. The summed E-state index contributed by atoms with van der Waals surface area (Å²) in [5.41, 5.74) is 5.20. The van der Waals surface area contributed by atoms with Gasteiger partial charge in [-0.2, -0.15) is 0 Å². The van der Waals surface area contributed by atoms with Gasteiger partial charge in [0.05, 0.1) is 5.37 Å². The summed E-state index contributed by atoms with van der Waals surface area (Å²) in [4.78, 5) is 0. The number of thioether (sulfide) groups is 1. The van der Waals surface area contributed by atoms with Crippen LogP contribution in [-0.4, -0.2) is 18.7 Å². The highest BCUT2D eigenvalue weighted by molar-refractivity contribution is 7.99. The zero-order valence-electron chi connectivity index (χ0n) is 16.7. The van der Waals surface area contributed by atoms with E-state index in [4.69, 9.17) is 0 Å². The van der Waals surface area contributed by atoms with E-state index in [1.54, 1.807) is 0 Å². The second-order valence-corrected chi connectivity index (χ2v) is 7.88. The lowest BCUT2D eigenvalue weighted by atomic mass is 9.94. The third-order valence-electron chi connectivity index (χ3n) is 4.68. The Kier molecular flexibility index (Phi) is 11.7. The van der Waals surface area contributed by atoms with Gasteiger partial charge in [-0.05, 0) is 56.2 Å². The molecule has 0 aliphatic heterocycles. The normalized spacial score (nSPS) is 12.6. The molecule has 1 aromatic carbocycles. The zero-order valence-corrected chi connectivity index (χ0v) is 17.6. The van der Waals surface area contributed by atoms with Crippen LogP contribution in [-0.2, 0) is 6.42 Å². The number of hydrogen-bond acceptors (Lipinski definition) is 2. The van der Waals surface area contributed by atoms with Crippen LogP contribution in [0.5, 0.6) is 0 Å². The van der Waals surface area contributed by atoms with Gasteiger partial charge in [0.2, 0.25) is 0 Å². The first-order valence-corrected chi connectivity index (χ1v) is 11.1. The van der Waals surface area contributed by atoms with Crippen LogP contribution in [0, 0.1) is 0 Å². The molecule has 1 N–H and O–H groups in total. The molecule has 0 aliphatic carbocycles. The summed E-state index contributed by atoms with van der Waals surface area (Å²) in [6.45, 7) is 8.56. The lowest BCUT2D eigenvalue weighted by Gasteiger charge is -2.17. The molecule has 1 aromatic rings. The highest BCUT2D eigenvalue weighted by Gasteiger charge is 2.11. The van der Waals surface area contributed by atoms with Gasteiger partial charge in [-0.15, -0.1) is 11.8 Å². The number of nitrogens with one attached hydrogen (secondary N) is 1. The Hall–Kier alpha value is -0.990. The van der Waals surface area contributed by atoms with Crippen LogP contribution in [0.25, 0.3) is 11.6 Å². The third-order valence-corrected chi connectivity index (χ3v) is 5.65. The molecule has 1 nitrogen and oxygen atoms in total. The Morgan fingerprint density at radius 3 is 2.56 bits per heavy atom. The fourth-order valence-electron chi connectivity index (χ4n) is 3.11. The Morgan fingerprint density at radius 1 is 1.20 bits per heavy atom. The van der Waals surface area contributed by atoms with E-state index in [0.717, 1.165) is 12.0 Å². The van der Waals surface area contributed by atoms with E-state index < -0.39 is 0 Å². The van der Waals surface area contributed by atoms with Crippen LogP contribution in [0.15, 0.2) is 30.9 Å². The fourth-order valence-corrected chi connectivity index (χ4v) is 3.69. The third kappa shape index (κ3) is 8.29. The van der Waals surface area contributed by atoms with Gasteiger partial charge in [-0.1, -0.05) is 81.5 Å². The fraction of sp³-hybridized carbons (Fsp3) is 0.565. The number of benzene rings is 1. The van der Waals surface area contributed by atoms with E-state index in [1.165, 1.54) is 61.6 Å². The van der Waals surface area contributed by atoms with Crippen molar-refractivity contribution in [1.82, 2.24) is 5.32 Å². The molecule has 0 saturated carbocycles. The van der Waals surface area contributed by atoms with Crippen LogP contribution >= 0.6 is 11.8 Å². The van der Waals surface area contributed by atoms with Crippen LogP contribution in [0.3, 0.4) is 0 Å². The molecule has 0 aliphatic rings. The molecule has 0 bridgehead atoms. The van der Waals surface area contributed by atoms with E-state index >= 15 is 0 Å². The molecule has 140 valence electrons. The van der Waals surface area contributed by atoms with Crippen molar-refractivity contribution in [2.75, 3.05) is 13.3 Å². The van der Waals surface area contributed by atoms with Gasteiger partial charge in [0.15, 0.2) is 0 Å². The van der Waals surface area contributed by atoms with Crippen LogP contribution < -0.4 is 5.32 Å². The van der Waals surface area contributed by atoms with Gasteiger partial charge in [0.1, 0.15) is 0 Å². The molecule has 1 unspecified atom stereocenters. The summed E-state index contributed by atoms with van der Waals surface area (Å²) in [7, 11) is 2.04. The van der Waals surface area contributed by atoms with Gasteiger partial charge in [-0.3, -0.25) is 0 Å². The van der Waals surface area contributed by atoms with Crippen molar-refractivity contribution in [2.45, 2.75) is 70.6 Å². The Balaban J connectivity index is 2.74. The molecule has 0 amide bonds. The zero-order chi connectivity index (χ0) is 18.5. The molecular weight excluding hydrogens is 322 g/mol. The quantitative estimate of drug-likeness (QED) is 0.302. The lowest BCUT2D eigenvalue weighted by Crippen LogP contribution is -2.23. The van der Waals surface area contributed by atoms with Crippen molar-refractivity contribution in [3.8, 4) is 0 Å². The standard InChI is InChI=1S/C23H37NS/c1-6-7-8-9-10-11-12-13-16-22-20(18-23(24-4)25-5)15-14-17-21(22)19(2)3/h13-17,23-24H,2,6-12,18H2,1,3-5H3/b16-13+. The van der Waals surface area contributed by atoms with Crippen LogP contribution in [0.1, 0.15) is 75.5 Å². The molecular formula is C23H37NS. The minimum absolute atomic E-state index is 0.450. The smallest absolute Gasteiger partial charge is 0.0567 e. The van der Waals surface area contributed by atoms with Gasteiger partial charge in [0.25, 0.3) is 0 Å². The number of rotatable bonds is 13. The van der Waals surface area contributed by atoms with E-state index in [0.29, 0.717) is 5.37 Å². The van der Waals surface area contributed by atoms with E-state index in [1.807, 2.05) is 18.8 Å². The van der Waals surface area contributed by atoms with E-state index in [-0.39, 0.29) is 0 Å².